The largest absolute Gasteiger partial charge is 0.449 e. The molecule has 0 saturated carbocycles. The van der Waals surface area contributed by atoms with Crippen LogP contribution in [-0.2, 0) is 0 Å². The van der Waals surface area contributed by atoms with Gasteiger partial charge in [0.2, 0.25) is 5.75 Å². The highest BCUT2D eigenvalue weighted by molar-refractivity contribution is 5.50. The van der Waals surface area contributed by atoms with Crippen LogP contribution in [0.15, 0.2) is 36.5 Å². The van der Waals surface area contributed by atoms with Crippen molar-refractivity contribution in [3.05, 3.63) is 57.9 Å². The van der Waals surface area contributed by atoms with Gasteiger partial charge in [0, 0.05) is 6.07 Å². The summed E-state index contributed by atoms with van der Waals surface area (Å²) in [6, 6.07) is 8.03. The zero-order chi connectivity index (χ0) is 15.4. The van der Waals surface area contributed by atoms with Crippen LogP contribution in [0.4, 0.5) is 5.69 Å². The molecule has 1 N–H and O–H groups in total. The topological polar surface area (TPSA) is 85.5 Å². The highest BCUT2D eigenvalue weighted by atomic mass is 16.6. The van der Waals surface area contributed by atoms with E-state index in [2.05, 4.69) is 4.98 Å². The molecule has 0 amide bonds. The fraction of sp³-hybridized carbons (Fsp3) is 0.267. The van der Waals surface area contributed by atoms with Crippen LogP contribution in [-0.4, -0.2) is 15.0 Å². The Morgan fingerprint density at radius 3 is 2.71 bits per heavy atom. The summed E-state index contributed by atoms with van der Waals surface area (Å²) in [7, 11) is 0. The van der Waals surface area contributed by atoms with Crippen molar-refractivity contribution in [2.24, 2.45) is 0 Å². The number of rotatable bonds is 5. The number of benzene rings is 1. The Hall–Kier alpha value is -2.47. The number of nitro benzene ring substituents is 1. The third-order valence-electron chi connectivity index (χ3n) is 3.03. The van der Waals surface area contributed by atoms with Gasteiger partial charge in [0.15, 0.2) is 0 Å². The number of aliphatic hydroxyl groups is 1. The zero-order valence-electron chi connectivity index (χ0n) is 11.8. The standard InChI is InChI=1S/C15H16N2O4/c1-3-14(18)12-6-5-11(9-16-12)21-15-7-4-10(2)8-13(15)17(19)20/h4-9,14,18H,3H2,1-2H3. The fourth-order valence-electron chi connectivity index (χ4n) is 1.84. The van der Waals surface area contributed by atoms with Crippen LogP contribution in [0, 0.1) is 17.0 Å². The number of aromatic nitrogens is 1. The maximum absolute atomic E-state index is 11.0. The average Bonchev–Trinajstić information content (AvgIpc) is 2.49. The molecule has 1 heterocycles. The van der Waals surface area contributed by atoms with Gasteiger partial charge < -0.3 is 9.84 Å². The molecule has 2 rings (SSSR count). The van der Waals surface area contributed by atoms with E-state index >= 15 is 0 Å². The molecule has 2 aromatic rings. The van der Waals surface area contributed by atoms with E-state index < -0.39 is 11.0 Å². The van der Waals surface area contributed by atoms with E-state index in [0.717, 1.165) is 5.56 Å². The van der Waals surface area contributed by atoms with Crippen LogP contribution >= 0.6 is 0 Å². The van der Waals surface area contributed by atoms with Gasteiger partial charge in [-0.15, -0.1) is 0 Å². The van der Waals surface area contributed by atoms with Crippen molar-refractivity contribution in [3.63, 3.8) is 0 Å². The predicted octanol–water partition coefficient (Wildman–Crippen LogP) is 3.53. The van der Waals surface area contributed by atoms with Gasteiger partial charge in [-0.05, 0) is 37.1 Å². The lowest BCUT2D eigenvalue weighted by atomic mass is 10.2. The summed E-state index contributed by atoms with van der Waals surface area (Å²) >= 11 is 0. The highest BCUT2D eigenvalue weighted by Gasteiger charge is 2.16. The molecule has 6 heteroatoms. The second-order valence-corrected chi connectivity index (χ2v) is 4.67. The number of aryl methyl sites for hydroxylation is 1. The Morgan fingerprint density at radius 1 is 1.38 bits per heavy atom. The predicted molar refractivity (Wildman–Crippen MR) is 77.4 cm³/mol. The van der Waals surface area contributed by atoms with Crippen LogP contribution in [0.5, 0.6) is 11.5 Å². The smallest absolute Gasteiger partial charge is 0.311 e. The van der Waals surface area contributed by atoms with Crippen molar-refractivity contribution in [1.29, 1.82) is 0 Å². The Bertz CT molecular complexity index is 641. The van der Waals surface area contributed by atoms with Crippen LogP contribution in [0.2, 0.25) is 0 Å². The Balaban J connectivity index is 2.24. The molecule has 1 atom stereocenters. The zero-order valence-corrected chi connectivity index (χ0v) is 11.8. The normalized spacial score (nSPS) is 12.0. The second-order valence-electron chi connectivity index (χ2n) is 4.67. The van der Waals surface area contributed by atoms with Gasteiger partial charge in [0.05, 0.1) is 22.9 Å². The third-order valence-corrected chi connectivity index (χ3v) is 3.03. The van der Waals surface area contributed by atoms with Crippen LogP contribution in [0.25, 0.3) is 0 Å². The first kappa shape index (κ1) is 14.9. The van der Waals surface area contributed by atoms with Gasteiger partial charge in [-0.25, -0.2) is 0 Å². The molecule has 0 bridgehead atoms. The second kappa shape index (κ2) is 6.32. The Labute approximate surface area is 122 Å². The quantitative estimate of drug-likeness (QED) is 0.672. The molecule has 0 fully saturated rings. The molecule has 0 aliphatic heterocycles. The molecular weight excluding hydrogens is 272 g/mol. The van der Waals surface area contributed by atoms with Crippen molar-refractivity contribution in [2.75, 3.05) is 0 Å². The van der Waals surface area contributed by atoms with Gasteiger partial charge >= 0.3 is 5.69 Å². The number of hydrogen-bond acceptors (Lipinski definition) is 5. The molecule has 6 nitrogen and oxygen atoms in total. The molecule has 1 aromatic carbocycles. The number of nitrogens with zero attached hydrogens (tertiary/aromatic N) is 2. The minimum Gasteiger partial charge on any atom is -0.449 e. The van der Waals surface area contributed by atoms with Crippen LogP contribution < -0.4 is 4.74 Å². The van der Waals surface area contributed by atoms with E-state index in [4.69, 9.17) is 4.74 Å². The minimum absolute atomic E-state index is 0.0901. The molecule has 0 radical (unpaired) electrons. The van der Waals surface area contributed by atoms with Gasteiger partial charge in [-0.1, -0.05) is 13.0 Å². The molecule has 1 aromatic heterocycles. The van der Waals surface area contributed by atoms with Crippen LogP contribution in [0.1, 0.15) is 30.7 Å². The summed E-state index contributed by atoms with van der Waals surface area (Å²) in [4.78, 5) is 14.6. The molecule has 1 unspecified atom stereocenters. The molecule has 0 aliphatic rings. The van der Waals surface area contributed by atoms with E-state index in [9.17, 15) is 15.2 Å². The van der Waals surface area contributed by atoms with Gasteiger partial charge in [0.25, 0.3) is 0 Å². The summed E-state index contributed by atoms with van der Waals surface area (Å²) < 4.78 is 5.51. The van der Waals surface area contributed by atoms with E-state index in [1.165, 1.54) is 12.3 Å². The summed E-state index contributed by atoms with van der Waals surface area (Å²) in [6.07, 6.45) is 1.39. The van der Waals surface area contributed by atoms with E-state index in [1.807, 2.05) is 6.92 Å². The Kier molecular flexibility index (Phi) is 4.49. The van der Waals surface area contributed by atoms with E-state index in [0.29, 0.717) is 17.9 Å². The SMILES string of the molecule is CCC(O)c1ccc(Oc2ccc(C)cc2[N+](=O)[O-])cn1. The lowest BCUT2D eigenvalue weighted by Gasteiger charge is -2.09. The van der Waals surface area contributed by atoms with Crippen molar-refractivity contribution >= 4 is 5.69 Å². The number of aliphatic hydroxyl groups excluding tert-OH is 1. The molecular formula is C15H16N2O4. The van der Waals surface area contributed by atoms with Gasteiger partial charge in [-0.2, -0.15) is 0 Å². The van der Waals surface area contributed by atoms with Gasteiger partial charge in [0.1, 0.15) is 5.75 Å². The summed E-state index contributed by atoms with van der Waals surface area (Å²) in [5.74, 6) is 0.546. The molecule has 21 heavy (non-hydrogen) atoms. The van der Waals surface area contributed by atoms with E-state index in [-0.39, 0.29) is 11.4 Å². The maximum Gasteiger partial charge on any atom is 0.311 e. The van der Waals surface area contributed by atoms with Crippen molar-refractivity contribution in [2.45, 2.75) is 26.4 Å². The number of ether oxygens (including phenoxy) is 1. The fourth-order valence-corrected chi connectivity index (χ4v) is 1.84. The van der Waals surface area contributed by atoms with Crippen molar-refractivity contribution < 1.29 is 14.8 Å². The molecule has 110 valence electrons. The van der Waals surface area contributed by atoms with Crippen LogP contribution in [0.3, 0.4) is 0 Å². The van der Waals surface area contributed by atoms with Crippen molar-refractivity contribution in [1.82, 2.24) is 4.98 Å². The molecule has 0 aliphatic carbocycles. The highest BCUT2D eigenvalue weighted by Crippen LogP contribution is 2.32. The third kappa shape index (κ3) is 3.55. The summed E-state index contributed by atoms with van der Waals surface area (Å²) in [5, 5.41) is 20.7. The van der Waals surface area contributed by atoms with E-state index in [1.54, 1.807) is 31.2 Å². The first-order valence-electron chi connectivity index (χ1n) is 6.58. The monoisotopic (exact) mass is 288 g/mol. The number of pyridine rings is 1. The first-order chi connectivity index (χ1) is 10.0. The first-order valence-corrected chi connectivity index (χ1v) is 6.58. The number of nitro groups is 1. The van der Waals surface area contributed by atoms with Crippen molar-refractivity contribution in [3.8, 4) is 11.5 Å². The Morgan fingerprint density at radius 2 is 2.14 bits per heavy atom. The summed E-state index contributed by atoms with van der Waals surface area (Å²) in [5.41, 5.74) is 1.24. The molecule has 0 saturated heterocycles. The maximum atomic E-state index is 11.0. The molecule has 0 spiro atoms. The number of hydrogen-bond donors (Lipinski definition) is 1. The average molecular weight is 288 g/mol. The lowest BCUT2D eigenvalue weighted by Crippen LogP contribution is -1.99. The summed E-state index contributed by atoms with van der Waals surface area (Å²) in [6.45, 7) is 3.63. The van der Waals surface area contributed by atoms with Gasteiger partial charge in [-0.3, -0.25) is 15.1 Å². The lowest BCUT2D eigenvalue weighted by molar-refractivity contribution is -0.385. The minimum atomic E-state index is -0.618.